The third-order valence-electron chi connectivity index (χ3n) is 2.65. The topological polar surface area (TPSA) is 79.1 Å². The van der Waals surface area contributed by atoms with Gasteiger partial charge >= 0.3 is 5.97 Å². The highest BCUT2D eigenvalue weighted by Crippen LogP contribution is 2.28. The van der Waals surface area contributed by atoms with E-state index in [-0.39, 0.29) is 13.2 Å². The summed E-state index contributed by atoms with van der Waals surface area (Å²) in [7, 11) is 0. The molecule has 0 bridgehead atoms. The number of hydrogen-bond donors (Lipinski definition) is 2. The molecule has 5 nitrogen and oxygen atoms in total. The molecule has 0 aromatic heterocycles. The van der Waals surface area contributed by atoms with Crippen LogP contribution in [0.3, 0.4) is 0 Å². The first kappa shape index (κ1) is 19.6. The summed E-state index contributed by atoms with van der Waals surface area (Å²) in [6.45, 7) is 0.500. The summed E-state index contributed by atoms with van der Waals surface area (Å²) < 4.78 is 71.4. The van der Waals surface area contributed by atoms with E-state index in [9.17, 15) is 31.9 Å². The van der Waals surface area contributed by atoms with Gasteiger partial charge in [0.25, 0.3) is 0 Å². The number of aliphatic hydroxyl groups is 2. The second kappa shape index (κ2) is 8.39. The highest BCUT2D eigenvalue weighted by molar-refractivity contribution is 6.15. The lowest BCUT2D eigenvalue weighted by Crippen LogP contribution is -2.14. The molecule has 0 aliphatic carbocycles. The number of halogens is 5. The normalized spacial score (nSPS) is 12.5. The number of hydrogen-bond acceptors (Lipinski definition) is 5. The van der Waals surface area contributed by atoms with Gasteiger partial charge in [-0.15, -0.1) is 0 Å². The molecule has 0 atom stereocenters. The van der Waals surface area contributed by atoms with Gasteiger partial charge in [0, 0.05) is 6.21 Å². The van der Waals surface area contributed by atoms with Crippen LogP contribution in [0.15, 0.2) is 10.6 Å². The fourth-order valence-electron chi connectivity index (χ4n) is 1.58. The standard InChI is InChI=1S/C14H12F5NO4/c1-2-24-14(23)6(5-20-3-4-21)13(22)7-8(15)10(17)12(19)11(18)9(7)16/h5,21-22H,2-4H2,1H3. The van der Waals surface area contributed by atoms with Gasteiger partial charge in [0.15, 0.2) is 23.3 Å². The van der Waals surface area contributed by atoms with Crippen LogP contribution >= 0.6 is 0 Å². The summed E-state index contributed by atoms with van der Waals surface area (Å²) in [4.78, 5) is 15.2. The van der Waals surface area contributed by atoms with Gasteiger partial charge in [-0.3, -0.25) is 4.99 Å². The lowest BCUT2D eigenvalue weighted by Gasteiger charge is -2.10. The van der Waals surface area contributed by atoms with E-state index in [0.717, 1.165) is 0 Å². The molecule has 2 N–H and O–H groups in total. The third kappa shape index (κ3) is 3.88. The van der Waals surface area contributed by atoms with Gasteiger partial charge in [0.05, 0.1) is 25.3 Å². The molecule has 0 aliphatic heterocycles. The molecule has 0 saturated carbocycles. The van der Waals surface area contributed by atoms with Crippen molar-refractivity contribution in [1.29, 1.82) is 0 Å². The molecule has 1 rings (SSSR count). The van der Waals surface area contributed by atoms with E-state index >= 15 is 0 Å². The van der Waals surface area contributed by atoms with Crippen molar-refractivity contribution in [1.82, 2.24) is 0 Å². The van der Waals surface area contributed by atoms with Gasteiger partial charge < -0.3 is 14.9 Å². The van der Waals surface area contributed by atoms with Crippen LogP contribution in [-0.2, 0) is 9.53 Å². The summed E-state index contributed by atoms with van der Waals surface area (Å²) in [6, 6.07) is 0. The number of aliphatic imine (C=N–C) groups is 1. The van der Waals surface area contributed by atoms with E-state index in [4.69, 9.17) is 5.11 Å². The lowest BCUT2D eigenvalue weighted by atomic mass is 10.1. The van der Waals surface area contributed by atoms with Crippen LogP contribution in [0.1, 0.15) is 12.5 Å². The SMILES string of the molecule is CCOC(=O)C(C=NCCO)=C(O)c1c(F)c(F)c(F)c(F)c1F. The largest absolute Gasteiger partial charge is 0.506 e. The van der Waals surface area contributed by atoms with E-state index < -0.39 is 58.6 Å². The fourth-order valence-corrected chi connectivity index (χ4v) is 1.58. The molecule has 132 valence electrons. The first-order valence-electron chi connectivity index (χ1n) is 6.50. The van der Waals surface area contributed by atoms with Gasteiger partial charge in [0.2, 0.25) is 5.82 Å². The molecule has 0 saturated heterocycles. The molecule has 0 heterocycles. The fraction of sp³-hybridized carbons (Fsp3) is 0.286. The zero-order valence-electron chi connectivity index (χ0n) is 12.2. The average molecular weight is 353 g/mol. The maximum Gasteiger partial charge on any atom is 0.343 e. The molecule has 1 aromatic rings. The second-order valence-electron chi connectivity index (χ2n) is 4.19. The van der Waals surface area contributed by atoms with Crippen molar-refractivity contribution in [3.63, 3.8) is 0 Å². The van der Waals surface area contributed by atoms with Crippen molar-refractivity contribution in [3.05, 3.63) is 40.2 Å². The maximum absolute atomic E-state index is 13.7. The predicted molar refractivity (Wildman–Crippen MR) is 72.9 cm³/mol. The Kier molecular flexibility index (Phi) is 6.83. The number of aliphatic hydroxyl groups excluding tert-OH is 2. The van der Waals surface area contributed by atoms with Gasteiger partial charge in [-0.2, -0.15) is 0 Å². The Bertz CT molecular complexity index is 674. The Morgan fingerprint density at radius 3 is 2.04 bits per heavy atom. The zero-order valence-corrected chi connectivity index (χ0v) is 12.2. The number of carbonyl (C=O) groups is 1. The Hall–Kier alpha value is -2.49. The molecular formula is C14H12F5NO4. The number of nitrogens with zero attached hydrogens (tertiary/aromatic N) is 1. The maximum atomic E-state index is 13.7. The lowest BCUT2D eigenvalue weighted by molar-refractivity contribution is -0.137. The Balaban J connectivity index is 3.64. The predicted octanol–water partition coefficient (Wildman–Crippen LogP) is 2.28. The van der Waals surface area contributed by atoms with E-state index in [0.29, 0.717) is 6.21 Å². The van der Waals surface area contributed by atoms with Crippen LogP contribution in [0.2, 0.25) is 0 Å². The quantitative estimate of drug-likeness (QED) is 0.156. The van der Waals surface area contributed by atoms with Crippen molar-refractivity contribution < 1.29 is 41.7 Å². The van der Waals surface area contributed by atoms with E-state index in [1.165, 1.54) is 6.92 Å². The van der Waals surface area contributed by atoms with Gasteiger partial charge in [-0.05, 0) is 6.92 Å². The van der Waals surface area contributed by atoms with Crippen molar-refractivity contribution in [2.24, 2.45) is 4.99 Å². The third-order valence-corrected chi connectivity index (χ3v) is 2.65. The van der Waals surface area contributed by atoms with Crippen molar-refractivity contribution in [3.8, 4) is 0 Å². The van der Waals surface area contributed by atoms with Crippen molar-refractivity contribution >= 4 is 17.9 Å². The van der Waals surface area contributed by atoms with Crippen LogP contribution in [0.4, 0.5) is 22.0 Å². The highest BCUT2D eigenvalue weighted by Gasteiger charge is 2.30. The molecule has 0 radical (unpaired) electrons. The smallest absolute Gasteiger partial charge is 0.343 e. The molecule has 0 spiro atoms. The molecule has 0 fully saturated rings. The molecule has 0 aliphatic rings. The Morgan fingerprint density at radius 1 is 1.08 bits per heavy atom. The molecule has 0 unspecified atom stereocenters. The van der Waals surface area contributed by atoms with Crippen LogP contribution in [0, 0.1) is 29.1 Å². The first-order chi connectivity index (χ1) is 11.3. The zero-order chi connectivity index (χ0) is 18.4. The minimum atomic E-state index is -2.41. The summed E-state index contributed by atoms with van der Waals surface area (Å²) in [5.74, 6) is -14.5. The van der Waals surface area contributed by atoms with Crippen LogP contribution < -0.4 is 0 Å². The number of esters is 1. The highest BCUT2D eigenvalue weighted by atomic mass is 19.2. The second-order valence-corrected chi connectivity index (χ2v) is 4.19. The van der Waals surface area contributed by atoms with E-state index in [1.807, 2.05) is 0 Å². The number of carbonyl (C=O) groups excluding carboxylic acids is 1. The molecule has 1 aromatic carbocycles. The minimum Gasteiger partial charge on any atom is -0.506 e. The summed E-state index contributed by atoms with van der Waals surface area (Å²) >= 11 is 0. The van der Waals surface area contributed by atoms with Crippen LogP contribution in [0.25, 0.3) is 5.76 Å². The van der Waals surface area contributed by atoms with Gasteiger partial charge in [0.1, 0.15) is 11.3 Å². The van der Waals surface area contributed by atoms with Crippen LogP contribution in [0.5, 0.6) is 0 Å². The number of ether oxygens (including phenoxy) is 1. The number of benzene rings is 1. The molecule has 10 heteroatoms. The molecular weight excluding hydrogens is 341 g/mol. The summed E-state index contributed by atoms with van der Waals surface area (Å²) in [5, 5.41) is 18.5. The summed E-state index contributed by atoms with van der Waals surface area (Å²) in [6.07, 6.45) is 0.599. The van der Waals surface area contributed by atoms with Gasteiger partial charge in [-0.1, -0.05) is 0 Å². The Morgan fingerprint density at radius 2 is 1.58 bits per heavy atom. The van der Waals surface area contributed by atoms with Gasteiger partial charge in [-0.25, -0.2) is 26.7 Å². The minimum absolute atomic E-state index is 0.194. The van der Waals surface area contributed by atoms with Crippen LogP contribution in [-0.4, -0.2) is 42.2 Å². The van der Waals surface area contributed by atoms with E-state index in [1.54, 1.807) is 0 Å². The molecule has 0 amide bonds. The first-order valence-corrected chi connectivity index (χ1v) is 6.50. The monoisotopic (exact) mass is 353 g/mol. The summed E-state index contributed by atoms with van der Waals surface area (Å²) in [5.41, 5.74) is -2.63. The van der Waals surface area contributed by atoms with Crippen molar-refractivity contribution in [2.45, 2.75) is 6.92 Å². The van der Waals surface area contributed by atoms with Crippen molar-refractivity contribution in [2.75, 3.05) is 19.8 Å². The average Bonchev–Trinajstić information content (AvgIpc) is 2.55. The number of rotatable bonds is 6. The molecule has 24 heavy (non-hydrogen) atoms. The Labute approximate surface area is 132 Å². The van der Waals surface area contributed by atoms with E-state index in [2.05, 4.69) is 9.73 Å².